The van der Waals surface area contributed by atoms with E-state index in [2.05, 4.69) is 27.5 Å². The van der Waals surface area contributed by atoms with Crippen LogP contribution in [-0.4, -0.2) is 50.1 Å². The van der Waals surface area contributed by atoms with Gasteiger partial charge in [-0.25, -0.2) is 4.98 Å². The van der Waals surface area contributed by atoms with E-state index < -0.39 is 0 Å². The average Bonchev–Trinajstić information content (AvgIpc) is 3.19. The van der Waals surface area contributed by atoms with Crippen LogP contribution in [0.5, 0.6) is 5.75 Å². The van der Waals surface area contributed by atoms with Crippen LogP contribution in [-0.2, 0) is 4.74 Å². The summed E-state index contributed by atoms with van der Waals surface area (Å²) in [4.78, 5) is 8.93. The first kappa shape index (κ1) is 21.5. The summed E-state index contributed by atoms with van der Waals surface area (Å²) in [7, 11) is 1.70. The van der Waals surface area contributed by atoms with E-state index in [0.29, 0.717) is 13.2 Å². The van der Waals surface area contributed by atoms with E-state index >= 15 is 0 Å². The van der Waals surface area contributed by atoms with Crippen LogP contribution >= 0.6 is 23.1 Å². The van der Waals surface area contributed by atoms with Gasteiger partial charge in [0.05, 0.1) is 6.61 Å². The SMILES string of the molecule is CCNC(=NCCCSc1nccs1)Nc1cccc(OCCCOC)c1. The highest BCUT2D eigenvalue weighted by Crippen LogP contribution is 2.20. The van der Waals surface area contributed by atoms with Gasteiger partial charge in [0.25, 0.3) is 0 Å². The van der Waals surface area contributed by atoms with Gasteiger partial charge in [0.1, 0.15) is 10.1 Å². The summed E-state index contributed by atoms with van der Waals surface area (Å²) in [6, 6.07) is 7.92. The molecule has 0 saturated heterocycles. The molecule has 0 amide bonds. The molecular weight excluding hydrogens is 380 g/mol. The molecule has 0 aliphatic rings. The summed E-state index contributed by atoms with van der Waals surface area (Å²) in [5.41, 5.74) is 0.955. The van der Waals surface area contributed by atoms with Crippen molar-refractivity contribution < 1.29 is 9.47 Å². The Labute approximate surface area is 169 Å². The Morgan fingerprint density at radius 1 is 1.30 bits per heavy atom. The molecule has 0 spiro atoms. The van der Waals surface area contributed by atoms with Crippen LogP contribution in [0.2, 0.25) is 0 Å². The summed E-state index contributed by atoms with van der Waals surface area (Å²) in [6.07, 6.45) is 3.72. The van der Waals surface area contributed by atoms with Crippen molar-refractivity contribution in [3.8, 4) is 5.75 Å². The molecule has 2 rings (SSSR count). The predicted octanol–water partition coefficient (Wildman–Crippen LogP) is 4.12. The van der Waals surface area contributed by atoms with Crippen molar-refractivity contribution in [1.29, 1.82) is 0 Å². The summed E-state index contributed by atoms with van der Waals surface area (Å²) < 4.78 is 11.9. The Morgan fingerprint density at radius 3 is 3.00 bits per heavy atom. The van der Waals surface area contributed by atoms with Crippen LogP contribution in [0.25, 0.3) is 0 Å². The molecule has 8 heteroatoms. The molecule has 1 aromatic heterocycles. The number of benzene rings is 1. The van der Waals surface area contributed by atoms with Crippen LogP contribution in [0, 0.1) is 0 Å². The molecule has 0 fully saturated rings. The molecule has 0 radical (unpaired) electrons. The highest BCUT2D eigenvalue weighted by Gasteiger charge is 2.02. The van der Waals surface area contributed by atoms with E-state index in [0.717, 1.165) is 53.4 Å². The van der Waals surface area contributed by atoms with Crippen molar-refractivity contribution >= 4 is 34.7 Å². The minimum Gasteiger partial charge on any atom is -0.493 e. The molecule has 0 unspecified atom stereocenters. The maximum atomic E-state index is 5.75. The number of nitrogens with zero attached hydrogens (tertiary/aromatic N) is 2. The van der Waals surface area contributed by atoms with Crippen molar-refractivity contribution in [2.45, 2.75) is 24.1 Å². The fourth-order valence-corrected chi connectivity index (χ4v) is 3.83. The number of methoxy groups -OCH3 is 1. The summed E-state index contributed by atoms with van der Waals surface area (Å²) in [5, 5.41) is 8.63. The Balaban J connectivity index is 1.79. The number of aliphatic imine (C=N–C) groups is 1. The van der Waals surface area contributed by atoms with Crippen molar-refractivity contribution in [3.05, 3.63) is 35.8 Å². The third-order valence-electron chi connectivity index (χ3n) is 3.41. The smallest absolute Gasteiger partial charge is 0.195 e. The van der Waals surface area contributed by atoms with Gasteiger partial charge in [-0.05, 0) is 25.5 Å². The summed E-state index contributed by atoms with van der Waals surface area (Å²) in [5.74, 6) is 2.64. The number of aromatic nitrogens is 1. The number of hydrogen-bond acceptors (Lipinski definition) is 6. The summed E-state index contributed by atoms with van der Waals surface area (Å²) >= 11 is 3.46. The largest absolute Gasteiger partial charge is 0.493 e. The summed E-state index contributed by atoms with van der Waals surface area (Å²) in [6.45, 7) is 4.98. The van der Waals surface area contributed by atoms with E-state index in [9.17, 15) is 0 Å². The van der Waals surface area contributed by atoms with Crippen LogP contribution in [0.3, 0.4) is 0 Å². The van der Waals surface area contributed by atoms with Crippen molar-refractivity contribution in [3.63, 3.8) is 0 Å². The number of thioether (sulfide) groups is 1. The molecular formula is C19H28N4O2S2. The zero-order valence-electron chi connectivity index (χ0n) is 15.9. The van der Waals surface area contributed by atoms with Crippen molar-refractivity contribution in [1.82, 2.24) is 10.3 Å². The van der Waals surface area contributed by atoms with Crippen LogP contribution in [0.4, 0.5) is 5.69 Å². The molecule has 0 aliphatic carbocycles. The molecule has 6 nitrogen and oxygen atoms in total. The zero-order chi connectivity index (χ0) is 19.2. The fraction of sp³-hybridized carbons (Fsp3) is 0.474. The van der Waals surface area contributed by atoms with Gasteiger partial charge in [-0.15, -0.1) is 11.3 Å². The highest BCUT2D eigenvalue weighted by molar-refractivity contribution is 8.00. The van der Waals surface area contributed by atoms with E-state index in [-0.39, 0.29) is 0 Å². The van der Waals surface area contributed by atoms with Gasteiger partial charge in [-0.2, -0.15) is 0 Å². The monoisotopic (exact) mass is 408 g/mol. The van der Waals surface area contributed by atoms with E-state index in [1.54, 1.807) is 30.2 Å². The lowest BCUT2D eigenvalue weighted by atomic mass is 10.3. The highest BCUT2D eigenvalue weighted by atomic mass is 32.2. The Morgan fingerprint density at radius 2 is 2.22 bits per heavy atom. The number of anilines is 1. The Hall–Kier alpha value is -1.77. The van der Waals surface area contributed by atoms with Crippen molar-refractivity contribution in [2.75, 3.05) is 44.5 Å². The average molecular weight is 409 g/mol. The van der Waals surface area contributed by atoms with Gasteiger partial charge < -0.3 is 20.1 Å². The van der Waals surface area contributed by atoms with Crippen LogP contribution in [0.1, 0.15) is 19.8 Å². The number of guanidine groups is 1. The molecule has 27 heavy (non-hydrogen) atoms. The predicted molar refractivity (Wildman–Crippen MR) is 115 cm³/mol. The van der Waals surface area contributed by atoms with Crippen molar-refractivity contribution in [2.24, 2.45) is 4.99 Å². The quantitative estimate of drug-likeness (QED) is 0.238. The molecule has 2 aromatic rings. The number of thiazole rings is 1. The molecule has 0 bridgehead atoms. The number of hydrogen-bond donors (Lipinski definition) is 2. The second-order valence-electron chi connectivity index (χ2n) is 5.61. The zero-order valence-corrected chi connectivity index (χ0v) is 17.6. The molecule has 2 N–H and O–H groups in total. The van der Waals surface area contributed by atoms with E-state index in [1.165, 1.54) is 0 Å². The van der Waals surface area contributed by atoms with Gasteiger partial charge in [0.2, 0.25) is 0 Å². The second-order valence-corrected chi connectivity index (χ2v) is 7.84. The topological polar surface area (TPSA) is 67.8 Å². The lowest BCUT2D eigenvalue weighted by Gasteiger charge is -2.13. The first-order valence-electron chi connectivity index (χ1n) is 9.11. The van der Waals surface area contributed by atoms with Crippen LogP contribution in [0.15, 0.2) is 45.2 Å². The lowest BCUT2D eigenvalue weighted by molar-refractivity contribution is 0.172. The van der Waals surface area contributed by atoms with Crippen LogP contribution < -0.4 is 15.4 Å². The standard InChI is InChI=1S/C19H28N4O2S2/c1-3-20-18(21-9-5-13-26-19-22-10-14-27-19)23-16-7-4-8-17(15-16)25-12-6-11-24-2/h4,7-8,10,14-15H,3,5-6,9,11-13H2,1-2H3,(H2,20,21,23). The maximum Gasteiger partial charge on any atom is 0.195 e. The van der Waals surface area contributed by atoms with Gasteiger partial charge in [-0.3, -0.25) is 4.99 Å². The molecule has 148 valence electrons. The molecule has 1 heterocycles. The third-order valence-corrected chi connectivity index (χ3v) is 5.46. The molecule has 0 atom stereocenters. The molecule has 1 aromatic carbocycles. The van der Waals surface area contributed by atoms with E-state index in [4.69, 9.17) is 9.47 Å². The maximum absolute atomic E-state index is 5.75. The molecule has 0 aliphatic heterocycles. The van der Waals surface area contributed by atoms with Gasteiger partial charge in [0.15, 0.2) is 5.96 Å². The van der Waals surface area contributed by atoms with Gasteiger partial charge >= 0.3 is 0 Å². The third kappa shape index (κ3) is 9.12. The number of ether oxygens (including phenoxy) is 2. The minimum absolute atomic E-state index is 0.641. The van der Waals surface area contributed by atoms with Gasteiger partial charge in [0, 0.05) is 62.3 Å². The van der Waals surface area contributed by atoms with Gasteiger partial charge in [-0.1, -0.05) is 17.8 Å². The second kappa shape index (κ2) is 13.4. The normalized spacial score (nSPS) is 11.4. The fourth-order valence-electron chi connectivity index (χ4n) is 2.20. The lowest BCUT2D eigenvalue weighted by Crippen LogP contribution is -2.30. The van der Waals surface area contributed by atoms with E-state index in [1.807, 2.05) is 35.8 Å². The number of nitrogens with one attached hydrogen (secondary N) is 2. The Kier molecular flexibility index (Phi) is 10.7. The minimum atomic E-state index is 0.641. The Bertz CT molecular complexity index is 665. The number of rotatable bonds is 12. The first-order valence-corrected chi connectivity index (χ1v) is 11.0. The molecule has 0 saturated carbocycles. The first-order chi connectivity index (χ1) is 13.3.